The first kappa shape index (κ1) is 20.3. The number of thiazole rings is 1. The van der Waals surface area contributed by atoms with Gasteiger partial charge >= 0.3 is 5.97 Å². The zero-order valence-electron chi connectivity index (χ0n) is 15.5. The van der Waals surface area contributed by atoms with E-state index in [0.717, 1.165) is 13.0 Å². The summed E-state index contributed by atoms with van der Waals surface area (Å²) in [7, 11) is 3.98. The number of rotatable bonds is 9. The maximum absolute atomic E-state index is 12.4. The van der Waals surface area contributed by atoms with Gasteiger partial charge in [-0.25, -0.2) is 4.98 Å². The lowest BCUT2D eigenvalue weighted by Gasteiger charge is -2.17. The minimum Gasteiger partial charge on any atom is -0.466 e. The molecule has 0 radical (unpaired) electrons. The summed E-state index contributed by atoms with van der Waals surface area (Å²) >= 11 is 1.26. The molecular formula is C17H26N4O4S. The Balaban J connectivity index is 1.82. The third-order valence-electron chi connectivity index (χ3n) is 4.03. The van der Waals surface area contributed by atoms with E-state index in [1.54, 1.807) is 17.2 Å². The van der Waals surface area contributed by atoms with Gasteiger partial charge in [-0.05, 0) is 34.0 Å². The molecule has 26 heavy (non-hydrogen) atoms. The van der Waals surface area contributed by atoms with Gasteiger partial charge in [0.25, 0.3) is 0 Å². The number of carbonyl (C=O) groups excluding carboxylic acids is 3. The molecule has 1 N–H and O–H groups in total. The zero-order chi connectivity index (χ0) is 19.1. The van der Waals surface area contributed by atoms with Crippen LogP contribution in [0.2, 0.25) is 0 Å². The van der Waals surface area contributed by atoms with E-state index in [1.807, 2.05) is 14.1 Å². The van der Waals surface area contributed by atoms with Crippen molar-refractivity contribution in [3.63, 3.8) is 0 Å². The maximum atomic E-state index is 12.4. The highest BCUT2D eigenvalue weighted by Crippen LogP contribution is 2.22. The van der Waals surface area contributed by atoms with Crippen molar-refractivity contribution in [1.82, 2.24) is 14.8 Å². The summed E-state index contributed by atoms with van der Waals surface area (Å²) in [6.07, 6.45) is 1.20. The molecule has 0 saturated carbocycles. The average Bonchev–Trinajstić information content (AvgIpc) is 3.14. The third kappa shape index (κ3) is 6.06. The lowest BCUT2D eigenvalue weighted by atomic mass is 10.1. The zero-order valence-corrected chi connectivity index (χ0v) is 16.3. The van der Waals surface area contributed by atoms with E-state index in [9.17, 15) is 14.4 Å². The molecule has 2 rings (SSSR count). The highest BCUT2D eigenvalue weighted by molar-refractivity contribution is 7.13. The molecule has 1 aliphatic rings. The van der Waals surface area contributed by atoms with E-state index in [0.29, 0.717) is 30.5 Å². The highest BCUT2D eigenvalue weighted by Gasteiger charge is 2.34. The molecule has 1 fully saturated rings. The van der Waals surface area contributed by atoms with Crippen molar-refractivity contribution in [2.45, 2.75) is 26.2 Å². The van der Waals surface area contributed by atoms with Crippen LogP contribution in [0.4, 0.5) is 5.13 Å². The van der Waals surface area contributed by atoms with Crippen LogP contribution in [-0.4, -0.2) is 72.9 Å². The summed E-state index contributed by atoms with van der Waals surface area (Å²) in [6, 6.07) is 0. The quantitative estimate of drug-likeness (QED) is 0.641. The minimum absolute atomic E-state index is 0.0195. The predicted molar refractivity (Wildman–Crippen MR) is 98.9 cm³/mol. The summed E-state index contributed by atoms with van der Waals surface area (Å²) in [5.41, 5.74) is 0.566. The van der Waals surface area contributed by atoms with E-state index >= 15 is 0 Å². The van der Waals surface area contributed by atoms with Gasteiger partial charge in [0.2, 0.25) is 11.8 Å². The van der Waals surface area contributed by atoms with Crippen LogP contribution in [0.1, 0.15) is 25.5 Å². The van der Waals surface area contributed by atoms with Gasteiger partial charge in [0, 0.05) is 24.9 Å². The van der Waals surface area contributed by atoms with E-state index in [4.69, 9.17) is 4.74 Å². The summed E-state index contributed by atoms with van der Waals surface area (Å²) < 4.78 is 4.88. The van der Waals surface area contributed by atoms with Crippen LogP contribution >= 0.6 is 11.3 Å². The van der Waals surface area contributed by atoms with Gasteiger partial charge in [-0.15, -0.1) is 11.3 Å². The number of aromatic nitrogens is 1. The molecule has 0 aromatic carbocycles. The second kappa shape index (κ2) is 9.63. The fraction of sp³-hybridized carbons (Fsp3) is 0.647. The SMILES string of the molecule is CCOC(=O)Cc1csc(NC(=O)C2CC(=O)N(CCCN(C)C)C2)n1. The summed E-state index contributed by atoms with van der Waals surface area (Å²) in [4.78, 5) is 44.0. The Hall–Kier alpha value is -2.00. The molecule has 1 aromatic heterocycles. The fourth-order valence-corrected chi connectivity index (χ4v) is 3.47. The number of ether oxygens (including phenoxy) is 1. The molecule has 1 saturated heterocycles. The summed E-state index contributed by atoms with van der Waals surface area (Å²) in [5.74, 6) is -0.888. The molecule has 1 aliphatic heterocycles. The van der Waals surface area contributed by atoms with Gasteiger partial charge in [0.15, 0.2) is 5.13 Å². The number of hydrogen-bond donors (Lipinski definition) is 1. The van der Waals surface area contributed by atoms with E-state index in [-0.39, 0.29) is 36.5 Å². The molecule has 8 nitrogen and oxygen atoms in total. The van der Waals surface area contributed by atoms with Crippen molar-refractivity contribution in [2.75, 3.05) is 45.7 Å². The largest absolute Gasteiger partial charge is 0.466 e. The molecule has 0 spiro atoms. The summed E-state index contributed by atoms with van der Waals surface area (Å²) in [5, 5.41) is 4.91. The van der Waals surface area contributed by atoms with Gasteiger partial charge in [0.05, 0.1) is 24.6 Å². The molecule has 2 heterocycles. The Labute approximate surface area is 157 Å². The van der Waals surface area contributed by atoms with Crippen molar-refractivity contribution in [1.29, 1.82) is 0 Å². The van der Waals surface area contributed by atoms with Crippen molar-refractivity contribution in [3.05, 3.63) is 11.1 Å². The van der Waals surface area contributed by atoms with Gasteiger partial charge in [-0.3, -0.25) is 14.4 Å². The average molecular weight is 382 g/mol. The topological polar surface area (TPSA) is 91.8 Å². The Morgan fingerprint density at radius 3 is 2.92 bits per heavy atom. The molecular weight excluding hydrogens is 356 g/mol. The second-order valence-corrected chi connectivity index (χ2v) is 7.37. The van der Waals surface area contributed by atoms with Crippen LogP contribution in [0, 0.1) is 5.92 Å². The standard InChI is InChI=1S/C17H26N4O4S/c1-4-25-15(23)9-13-11-26-17(18-13)19-16(24)12-8-14(22)21(10-12)7-5-6-20(2)3/h11-12H,4-10H2,1-3H3,(H,18,19,24). The number of hydrogen-bond acceptors (Lipinski definition) is 7. The molecule has 1 aromatic rings. The van der Waals surface area contributed by atoms with E-state index in [1.165, 1.54) is 11.3 Å². The Morgan fingerprint density at radius 2 is 2.23 bits per heavy atom. The molecule has 144 valence electrons. The van der Waals surface area contributed by atoms with Crippen LogP contribution in [-0.2, 0) is 25.5 Å². The van der Waals surface area contributed by atoms with Crippen molar-refractivity contribution in [2.24, 2.45) is 5.92 Å². The molecule has 1 unspecified atom stereocenters. The number of esters is 1. The Kier molecular flexibility index (Phi) is 7.52. The smallest absolute Gasteiger partial charge is 0.311 e. The molecule has 0 bridgehead atoms. The van der Waals surface area contributed by atoms with Crippen LogP contribution < -0.4 is 5.32 Å². The van der Waals surface area contributed by atoms with Crippen LogP contribution in [0.25, 0.3) is 0 Å². The summed E-state index contributed by atoms with van der Waals surface area (Å²) in [6.45, 7) is 4.09. The Bertz CT molecular complexity index is 646. The first-order valence-corrected chi connectivity index (χ1v) is 9.60. The van der Waals surface area contributed by atoms with E-state index in [2.05, 4.69) is 15.2 Å². The molecule has 0 aliphatic carbocycles. The first-order chi connectivity index (χ1) is 12.4. The van der Waals surface area contributed by atoms with Crippen LogP contribution in [0.5, 0.6) is 0 Å². The number of likely N-dealkylation sites (tertiary alicyclic amines) is 1. The minimum atomic E-state index is -0.362. The van der Waals surface area contributed by atoms with Gasteiger partial charge < -0.3 is 19.9 Å². The van der Waals surface area contributed by atoms with Crippen molar-refractivity contribution < 1.29 is 19.1 Å². The van der Waals surface area contributed by atoms with Crippen molar-refractivity contribution >= 4 is 34.3 Å². The van der Waals surface area contributed by atoms with Gasteiger partial charge in [-0.1, -0.05) is 0 Å². The van der Waals surface area contributed by atoms with Gasteiger partial charge in [0.1, 0.15) is 0 Å². The monoisotopic (exact) mass is 382 g/mol. The normalized spacial score (nSPS) is 17.0. The second-order valence-electron chi connectivity index (χ2n) is 6.51. The van der Waals surface area contributed by atoms with Crippen molar-refractivity contribution in [3.8, 4) is 0 Å². The maximum Gasteiger partial charge on any atom is 0.311 e. The first-order valence-electron chi connectivity index (χ1n) is 8.72. The number of carbonyl (C=O) groups is 3. The molecule has 9 heteroatoms. The van der Waals surface area contributed by atoms with Crippen LogP contribution in [0.3, 0.4) is 0 Å². The lowest BCUT2D eigenvalue weighted by molar-refractivity contribution is -0.142. The lowest BCUT2D eigenvalue weighted by Crippen LogP contribution is -2.30. The van der Waals surface area contributed by atoms with E-state index < -0.39 is 0 Å². The number of nitrogens with one attached hydrogen (secondary N) is 1. The Morgan fingerprint density at radius 1 is 1.46 bits per heavy atom. The number of nitrogens with zero attached hydrogens (tertiary/aromatic N) is 3. The number of anilines is 1. The highest BCUT2D eigenvalue weighted by atomic mass is 32.1. The fourth-order valence-electron chi connectivity index (χ4n) is 2.75. The predicted octanol–water partition coefficient (Wildman–Crippen LogP) is 0.987. The molecule has 1 atom stereocenters. The van der Waals surface area contributed by atoms with Gasteiger partial charge in [-0.2, -0.15) is 0 Å². The molecule has 2 amide bonds. The third-order valence-corrected chi connectivity index (χ3v) is 4.84. The van der Waals surface area contributed by atoms with Crippen LogP contribution in [0.15, 0.2) is 5.38 Å². The number of amides is 2.